The number of hydrogen-bond acceptors (Lipinski definition) is 3. The Bertz CT molecular complexity index is 551. The van der Waals surface area contributed by atoms with Crippen LogP contribution in [-0.4, -0.2) is 9.78 Å². The molecule has 0 atom stereocenters. The van der Waals surface area contributed by atoms with E-state index >= 15 is 0 Å². The number of anilines is 1. The second kappa shape index (κ2) is 5.60. The second-order valence-electron chi connectivity index (χ2n) is 4.10. The molecule has 5 heteroatoms. The van der Waals surface area contributed by atoms with E-state index in [4.69, 9.17) is 10.5 Å². The highest BCUT2D eigenvalue weighted by Crippen LogP contribution is 2.30. The van der Waals surface area contributed by atoms with E-state index in [1.165, 1.54) is 0 Å². The van der Waals surface area contributed by atoms with E-state index in [9.17, 15) is 0 Å². The molecule has 0 aliphatic heterocycles. The predicted molar refractivity (Wildman–Crippen MR) is 80.8 cm³/mol. The van der Waals surface area contributed by atoms with E-state index in [-0.39, 0.29) is 0 Å². The number of nitrogens with two attached hydrogens (primary N) is 1. The predicted octanol–water partition coefficient (Wildman–Crippen LogP) is 3.35. The van der Waals surface area contributed by atoms with Crippen molar-refractivity contribution in [3.8, 4) is 11.6 Å². The van der Waals surface area contributed by atoms with Gasteiger partial charge in [-0.15, -0.1) is 0 Å². The maximum absolute atomic E-state index is 6.07. The minimum absolute atomic E-state index is 0.612. The van der Waals surface area contributed by atoms with Gasteiger partial charge in [0.25, 0.3) is 0 Å². The molecule has 0 radical (unpaired) electrons. The number of nitrogen functional groups attached to an aromatic ring is 1. The quantitative estimate of drug-likeness (QED) is 0.854. The first-order valence-electron chi connectivity index (χ1n) is 5.86. The molecule has 18 heavy (non-hydrogen) atoms. The van der Waals surface area contributed by atoms with Gasteiger partial charge in [-0.25, -0.2) is 4.68 Å². The van der Waals surface area contributed by atoms with Crippen LogP contribution in [0.3, 0.4) is 0 Å². The number of rotatable bonds is 4. The van der Waals surface area contributed by atoms with E-state index in [0.717, 1.165) is 27.9 Å². The SMILES string of the molecule is CCCc1nn(C)c(Oc2cccc(I)c2)c1N. The van der Waals surface area contributed by atoms with Gasteiger partial charge in [-0.2, -0.15) is 5.10 Å². The number of hydrogen-bond donors (Lipinski definition) is 1. The van der Waals surface area contributed by atoms with Gasteiger partial charge in [0.1, 0.15) is 11.4 Å². The third kappa shape index (κ3) is 2.77. The lowest BCUT2D eigenvalue weighted by Gasteiger charge is -2.06. The first kappa shape index (κ1) is 13.2. The molecule has 2 N–H and O–H groups in total. The van der Waals surface area contributed by atoms with Gasteiger partial charge in [-0.1, -0.05) is 19.4 Å². The smallest absolute Gasteiger partial charge is 0.241 e. The standard InChI is InChI=1S/C13H16IN3O/c1-3-5-11-12(15)13(17(2)16-11)18-10-7-4-6-9(14)8-10/h4,6-8H,3,5,15H2,1-2H3. The topological polar surface area (TPSA) is 53.1 Å². The van der Waals surface area contributed by atoms with Crippen molar-refractivity contribution in [3.63, 3.8) is 0 Å². The molecule has 0 bridgehead atoms. The molecule has 4 nitrogen and oxygen atoms in total. The van der Waals surface area contributed by atoms with Crippen molar-refractivity contribution in [1.29, 1.82) is 0 Å². The number of aryl methyl sites for hydroxylation is 2. The van der Waals surface area contributed by atoms with Gasteiger partial charge >= 0.3 is 0 Å². The number of benzene rings is 1. The zero-order valence-corrected chi connectivity index (χ0v) is 12.6. The molecule has 0 saturated heterocycles. The van der Waals surface area contributed by atoms with Crippen molar-refractivity contribution < 1.29 is 4.74 Å². The highest BCUT2D eigenvalue weighted by molar-refractivity contribution is 14.1. The maximum Gasteiger partial charge on any atom is 0.241 e. The molecule has 1 aromatic heterocycles. The van der Waals surface area contributed by atoms with Gasteiger partial charge in [-0.3, -0.25) is 0 Å². The van der Waals surface area contributed by atoms with E-state index in [1.807, 2.05) is 31.3 Å². The normalized spacial score (nSPS) is 10.6. The Labute approximate surface area is 120 Å². The van der Waals surface area contributed by atoms with Gasteiger partial charge in [0.05, 0.1) is 5.69 Å². The number of halogens is 1. The summed E-state index contributed by atoms with van der Waals surface area (Å²) < 4.78 is 8.64. The van der Waals surface area contributed by atoms with Crippen molar-refractivity contribution in [2.24, 2.45) is 7.05 Å². The molecular formula is C13H16IN3O. The molecule has 0 fully saturated rings. The Morgan fingerprint density at radius 3 is 2.89 bits per heavy atom. The molecule has 0 spiro atoms. The monoisotopic (exact) mass is 357 g/mol. The van der Waals surface area contributed by atoms with Crippen molar-refractivity contribution in [2.75, 3.05) is 5.73 Å². The summed E-state index contributed by atoms with van der Waals surface area (Å²) in [4.78, 5) is 0. The van der Waals surface area contributed by atoms with Crippen LogP contribution in [0, 0.1) is 3.57 Å². The van der Waals surface area contributed by atoms with Crippen LogP contribution in [0.2, 0.25) is 0 Å². The number of ether oxygens (including phenoxy) is 1. The molecule has 96 valence electrons. The Kier molecular flexibility index (Phi) is 4.11. The van der Waals surface area contributed by atoms with Crippen molar-refractivity contribution in [3.05, 3.63) is 33.5 Å². The molecule has 2 rings (SSSR count). The van der Waals surface area contributed by atoms with Crippen LogP contribution in [0.25, 0.3) is 0 Å². The third-order valence-electron chi connectivity index (χ3n) is 2.60. The van der Waals surface area contributed by atoms with Gasteiger partial charge in [0.15, 0.2) is 0 Å². The Hall–Kier alpha value is -1.24. The van der Waals surface area contributed by atoms with Crippen LogP contribution in [0.1, 0.15) is 19.0 Å². The lowest BCUT2D eigenvalue weighted by molar-refractivity contribution is 0.432. The van der Waals surface area contributed by atoms with E-state index in [0.29, 0.717) is 11.6 Å². The third-order valence-corrected chi connectivity index (χ3v) is 3.27. The highest BCUT2D eigenvalue weighted by atomic mass is 127. The van der Waals surface area contributed by atoms with Crippen LogP contribution in [0.4, 0.5) is 5.69 Å². The lowest BCUT2D eigenvalue weighted by Crippen LogP contribution is -1.97. The van der Waals surface area contributed by atoms with Crippen LogP contribution in [0.5, 0.6) is 11.6 Å². The van der Waals surface area contributed by atoms with Crippen LogP contribution < -0.4 is 10.5 Å². The molecule has 2 aromatic rings. The summed E-state index contributed by atoms with van der Waals surface area (Å²) in [5, 5.41) is 4.38. The first-order chi connectivity index (χ1) is 8.61. The molecule has 0 aliphatic carbocycles. The Morgan fingerprint density at radius 2 is 2.22 bits per heavy atom. The zero-order chi connectivity index (χ0) is 13.1. The summed E-state index contributed by atoms with van der Waals surface area (Å²) in [5.74, 6) is 1.39. The Balaban J connectivity index is 2.29. The summed E-state index contributed by atoms with van der Waals surface area (Å²) in [6.07, 6.45) is 1.89. The largest absolute Gasteiger partial charge is 0.437 e. The first-order valence-corrected chi connectivity index (χ1v) is 6.94. The van der Waals surface area contributed by atoms with Gasteiger partial charge < -0.3 is 10.5 Å². The Morgan fingerprint density at radius 1 is 1.44 bits per heavy atom. The fourth-order valence-electron chi connectivity index (χ4n) is 1.76. The fourth-order valence-corrected chi connectivity index (χ4v) is 2.28. The van der Waals surface area contributed by atoms with Crippen LogP contribution in [0.15, 0.2) is 24.3 Å². The molecule has 0 amide bonds. The number of nitrogens with zero attached hydrogens (tertiary/aromatic N) is 2. The summed E-state index contributed by atoms with van der Waals surface area (Å²) in [5.41, 5.74) is 7.61. The fraction of sp³-hybridized carbons (Fsp3) is 0.308. The number of aromatic nitrogens is 2. The van der Waals surface area contributed by atoms with Crippen molar-refractivity contribution in [1.82, 2.24) is 9.78 Å². The average Bonchev–Trinajstić information content (AvgIpc) is 2.58. The van der Waals surface area contributed by atoms with Crippen LogP contribution >= 0.6 is 22.6 Å². The molecule has 1 heterocycles. The molecule has 0 aliphatic rings. The summed E-state index contributed by atoms with van der Waals surface area (Å²) in [7, 11) is 1.85. The van der Waals surface area contributed by atoms with Crippen molar-refractivity contribution >= 4 is 28.3 Å². The minimum atomic E-state index is 0.612. The summed E-state index contributed by atoms with van der Waals surface area (Å²) in [6.45, 7) is 2.11. The van der Waals surface area contributed by atoms with E-state index < -0.39 is 0 Å². The van der Waals surface area contributed by atoms with Gasteiger partial charge in [0, 0.05) is 10.6 Å². The summed E-state index contributed by atoms with van der Waals surface area (Å²) in [6, 6.07) is 7.85. The lowest BCUT2D eigenvalue weighted by atomic mass is 10.2. The summed E-state index contributed by atoms with van der Waals surface area (Å²) >= 11 is 2.25. The maximum atomic E-state index is 6.07. The molecular weight excluding hydrogens is 341 g/mol. The molecule has 0 saturated carbocycles. The minimum Gasteiger partial charge on any atom is -0.437 e. The second-order valence-corrected chi connectivity index (χ2v) is 5.34. The molecule has 0 unspecified atom stereocenters. The zero-order valence-electron chi connectivity index (χ0n) is 10.5. The van der Waals surface area contributed by atoms with E-state index in [1.54, 1.807) is 4.68 Å². The van der Waals surface area contributed by atoms with Crippen molar-refractivity contribution in [2.45, 2.75) is 19.8 Å². The van der Waals surface area contributed by atoms with Crippen LogP contribution in [-0.2, 0) is 13.5 Å². The van der Waals surface area contributed by atoms with Gasteiger partial charge in [0.2, 0.25) is 5.88 Å². The van der Waals surface area contributed by atoms with E-state index in [2.05, 4.69) is 34.6 Å². The molecule has 1 aromatic carbocycles. The average molecular weight is 357 g/mol. The highest BCUT2D eigenvalue weighted by Gasteiger charge is 2.14. The van der Waals surface area contributed by atoms with Gasteiger partial charge in [-0.05, 0) is 47.2 Å².